The molecular weight excluding hydrogens is 236 g/mol. The summed E-state index contributed by atoms with van der Waals surface area (Å²) in [6, 6.07) is 9.40. The predicted molar refractivity (Wildman–Crippen MR) is 80.5 cm³/mol. The summed E-state index contributed by atoms with van der Waals surface area (Å²) in [7, 11) is 2.16. The first-order valence-corrected chi connectivity index (χ1v) is 7.44. The fourth-order valence-corrected chi connectivity index (χ4v) is 2.33. The van der Waals surface area contributed by atoms with Gasteiger partial charge in [0, 0.05) is 38.5 Å². The maximum atomic E-state index is 8.80. The van der Waals surface area contributed by atoms with Crippen LogP contribution in [0.15, 0.2) is 24.3 Å². The molecular formula is C16H26N2O. The second kappa shape index (κ2) is 7.51. The van der Waals surface area contributed by atoms with Gasteiger partial charge in [0.1, 0.15) is 0 Å². The Hall–Kier alpha value is -1.06. The first-order chi connectivity index (χ1) is 9.31. The van der Waals surface area contributed by atoms with Crippen LogP contribution < -0.4 is 10.2 Å². The maximum Gasteiger partial charge on any atom is 0.0431 e. The van der Waals surface area contributed by atoms with Gasteiger partial charge in [0.25, 0.3) is 0 Å². The zero-order valence-corrected chi connectivity index (χ0v) is 11.9. The quantitative estimate of drug-likeness (QED) is 0.671. The number of rotatable bonds is 9. The van der Waals surface area contributed by atoms with Crippen LogP contribution >= 0.6 is 0 Å². The van der Waals surface area contributed by atoms with E-state index >= 15 is 0 Å². The van der Waals surface area contributed by atoms with Crippen molar-refractivity contribution in [3.8, 4) is 0 Å². The Balaban J connectivity index is 1.85. The molecule has 0 unspecified atom stereocenters. The highest BCUT2D eigenvalue weighted by atomic mass is 16.2. The molecule has 0 heterocycles. The van der Waals surface area contributed by atoms with Gasteiger partial charge in [-0.1, -0.05) is 18.2 Å². The van der Waals surface area contributed by atoms with Gasteiger partial charge in [0.15, 0.2) is 0 Å². The summed E-state index contributed by atoms with van der Waals surface area (Å²) in [6.07, 6.45) is 5.82. The minimum atomic E-state index is 0.311. The Kier molecular flexibility index (Phi) is 5.67. The number of hydrogen-bond acceptors (Lipinski definition) is 3. The molecule has 1 aromatic rings. The number of benzene rings is 1. The van der Waals surface area contributed by atoms with Gasteiger partial charge in [0.05, 0.1) is 0 Å². The molecule has 19 heavy (non-hydrogen) atoms. The Bertz CT molecular complexity index is 377. The molecule has 0 aliphatic heterocycles. The van der Waals surface area contributed by atoms with Crippen molar-refractivity contribution in [2.75, 3.05) is 25.1 Å². The molecule has 0 amide bonds. The SMILES string of the molecule is CN(CCCCCO)c1ccccc1CNC1CC1. The summed E-state index contributed by atoms with van der Waals surface area (Å²) in [4.78, 5) is 2.33. The number of para-hydroxylation sites is 1. The molecule has 0 saturated heterocycles. The highest BCUT2D eigenvalue weighted by Crippen LogP contribution is 2.23. The van der Waals surface area contributed by atoms with E-state index < -0.39 is 0 Å². The molecule has 3 nitrogen and oxygen atoms in total. The van der Waals surface area contributed by atoms with Gasteiger partial charge < -0.3 is 15.3 Å². The Morgan fingerprint density at radius 1 is 1.21 bits per heavy atom. The van der Waals surface area contributed by atoms with Crippen LogP contribution in [0.5, 0.6) is 0 Å². The van der Waals surface area contributed by atoms with Crippen molar-refractivity contribution in [1.82, 2.24) is 5.32 Å². The lowest BCUT2D eigenvalue weighted by Crippen LogP contribution is -2.22. The van der Waals surface area contributed by atoms with E-state index in [9.17, 15) is 0 Å². The Labute approximate surface area is 116 Å². The molecule has 1 aliphatic rings. The summed E-state index contributed by atoms with van der Waals surface area (Å²) in [5.74, 6) is 0. The first-order valence-electron chi connectivity index (χ1n) is 7.44. The van der Waals surface area contributed by atoms with E-state index in [-0.39, 0.29) is 0 Å². The largest absolute Gasteiger partial charge is 0.396 e. The predicted octanol–water partition coefficient (Wildman–Crippen LogP) is 2.54. The van der Waals surface area contributed by atoms with Crippen LogP contribution in [0.25, 0.3) is 0 Å². The number of hydrogen-bond donors (Lipinski definition) is 2. The van der Waals surface area contributed by atoms with E-state index in [4.69, 9.17) is 5.11 Å². The molecule has 2 N–H and O–H groups in total. The highest BCUT2D eigenvalue weighted by molar-refractivity contribution is 5.53. The molecule has 0 aromatic heterocycles. The normalized spacial score (nSPS) is 14.6. The molecule has 106 valence electrons. The topological polar surface area (TPSA) is 35.5 Å². The van der Waals surface area contributed by atoms with Crippen molar-refractivity contribution in [3.63, 3.8) is 0 Å². The van der Waals surface area contributed by atoms with Crippen molar-refractivity contribution in [2.45, 2.75) is 44.7 Å². The van der Waals surface area contributed by atoms with E-state index in [1.165, 1.54) is 24.1 Å². The van der Waals surface area contributed by atoms with Crippen LogP contribution in [0, 0.1) is 0 Å². The molecule has 0 bridgehead atoms. The smallest absolute Gasteiger partial charge is 0.0431 e. The molecule has 1 aromatic carbocycles. The van der Waals surface area contributed by atoms with Gasteiger partial charge in [0.2, 0.25) is 0 Å². The van der Waals surface area contributed by atoms with Gasteiger partial charge in [-0.25, -0.2) is 0 Å². The zero-order chi connectivity index (χ0) is 13.5. The zero-order valence-electron chi connectivity index (χ0n) is 11.9. The van der Waals surface area contributed by atoms with E-state index in [1.54, 1.807) is 0 Å². The third-order valence-electron chi connectivity index (χ3n) is 3.71. The molecule has 1 saturated carbocycles. The van der Waals surface area contributed by atoms with Gasteiger partial charge >= 0.3 is 0 Å². The molecule has 2 rings (SSSR count). The summed E-state index contributed by atoms with van der Waals surface area (Å²) in [6.45, 7) is 2.34. The summed E-state index contributed by atoms with van der Waals surface area (Å²) < 4.78 is 0. The highest BCUT2D eigenvalue weighted by Gasteiger charge is 2.20. The number of aliphatic hydroxyl groups is 1. The molecule has 3 heteroatoms. The second-order valence-electron chi connectivity index (χ2n) is 5.49. The summed E-state index contributed by atoms with van der Waals surface area (Å²) in [5.41, 5.74) is 2.72. The van der Waals surface area contributed by atoms with E-state index in [0.29, 0.717) is 6.61 Å². The van der Waals surface area contributed by atoms with Crippen LogP contribution in [0.4, 0.5) is 5.69 Å². The fourth-order valence-electron chi connectivity index (χ4n) is 2.33. The number of anilines is 1. The van der Waals surface area contributed by atoms with Crippen molar-refractivity contribution in [3.05, 3.63) is 29.8 Å². The van der Waals surface area contributed by atoms with Crippen LogP contribution in [0.3, 0.4) is 0 Å². The third kappa shape index (κ3) is 4.84. The molecule has 1 fully saturated rings. The van der Waals surface area contributed by atoms with E-state index in [1.807, 2.05) is 0 Å². The minimum absolute atomic E-state index is 0.311. The second-order valence-corrected chi connectivity index (χ2v) is 5.49. The molecule has 0 spiro atoms. The maximum absolute atomic E-state index is 8.80. The van der Waals surface area contributed by atoms with E-state index in [2.05, 4.69) is 41.5 Å². The third-order valence-corrected chi connectivity index (χ3v) is 3.71. The monoisotopic (exact) mass is 262 g/mol. The number of nitrogens with zero attached hydrogens (tertiary/aromatic N) is 1. The van der Waals surface area contributed by atoms with Crippen molar-refractivity contribution in [2.24, 2.45) is 0 Å². The molecule has 1 aliphatic carbocycles. The van der Waals surface area contributed by atoms with Crippen molar-refractivity contribution < 1.29 is 5.11 Å². The number of unbranched alkanes of at least 4 members (excludes halogenated alkanes) is 2. The lowest BCUT2D eigenvalue weighted by molar-refractivity contribution is 0.283. The van der Waals surface area contributed by atoms with Gasteiger partial charge in [-0.15, -0.1) is 0 Å². The standard InChI is InChI=1S/C16H26N2O/c1-18(11-5-2-6-12-19)16-8-4-3-7-14(16)13-17-15-9-10-15/h3-4,7-8,15,17,19H,2,5-6,9-13H2,1H3. The Morgan fingerprint density at radius 3 is 2.74 bits per heavy atom. The van der Waals surface area contributed by atoms with Gasteiger partial charge in [-0.3, -0.25) is 0 Å². The van der Waals surface area contributed by atoms with Crippen LogP contribution in [-0.4, -0.2) is 31.3 Å². The van der Waals surface area contributed by atoms with Crippen LogP contribution in [-0.2, 0) is 6.54 Å². The number of aliphatic hydroxyl groups excluding tert-OH is 1. The van der Waals surface area contributed by atoms with E-state index in [0.717, 1.165) is 38.4 Å². The van der Waals surface area contributed by atoms with Crippen molar-refractivity contribution >= 4 is 5.69 Å². The summed E-state index contributed by atoms with van der Waals surface area (Å²) >= 11 is 0. The molecule has 0 radical (unpaired) electrons. The van der Waals surface area contributed by atoms with Gasteiger partial charge in [-0.05, 0) is 43.7 Å². The lowest BCUT2D eigenvalue weighted by Gasteiger charge is -2.22. The molecule has 0 atom stereocenters. The van der Waals surface area contributed by atoms with Crippen LogP contribution in [0.2, 0.25) is 0 Å². The lowest BCUT2D eigenvalue weighted by atomic mass is 10.1. The minimum Gasteiger partial charge on any atom is -0.396 e. The average molecular weight is 262 g/mol. The Morgan fingerprint density at radius 2 is 2.00 bits per heavy atom. The summed E-state index contributed by atoms with van der Waals surface area (Å²) in [5, 5.41) is 12.4. The average Bonchev–Trinajstić information content (AvgIpc) is 3.25. The number of nitrogens with one attached hydrogen (secondary N) is 1. The van der Waals surface area contributed by atoms with Crippen LogP contribution in [0.1, 0.15) is 37.7 Å². The van der Waals surface area contributed by atoms with Gasteiger partial charge in [-0.2, -0.15) is 0 Å². The first kappa shape index (κ1) is 14.4. The fraction of sp³-hybridized carbons (Fsp3) is 0.625. The van der Waals surface area contributed by atoms with Crippen molar-refractivity contribution in [1.29, 1.82) is 0 Å².